The fraction of sp³-hybridized carbons (Fsp3) is 1.00. The minimum Gasteiger partial charge on any atom is -0.397 e. The molecule has 0 rings (SSSR count). The SMILES string of the molecule is CCCCCCCCCCCCC(CCSSSSCCC(CCCCCCCCCCCC)[SiH](OCC)OCC)[SiH](OCC)OCC. The van der Waals surface area contributed by atoms with Crippen molar-refractivity contribution in [1.82, 2.24) is 0 Å². The van der Waals surface area contributed by atoms with Gasteiger partial charge >= 0.3 is 18.6 Å². The molecular formula is C38H82O4S4Si2. The predicted molar refractivity (Wildman–Crippen MR) is 231 cm³/mol. The molecule has 0 bridgehead atoms. The number of hydrogen-bond acceptors (Lipinski definition) is 8. The van der Waals surface area contributed by atoms with Gasteiger partial charge in [0, 0.05) is 49.0 Å². The molecule has 0 heterocycles. The molecule has 4 nitrogen and oxygen atoms in total. The van der Waals surface area contributed by atoms with Gasteiger partial charge in [-0.15, -0.1) is 0 Å². The van der Waals surface area contributed by atoms with Gasteiger partial charge in [0.2, 0.25) is 0 Å². The first-order valence-electron chi connectivity index (χ1n) is 20.7. The van der Waals surface area contributed by atoms with Crippen molar-refractivity contribution in [3.63, 3.8) is 0 Å². The first-order chi connectivity index (χ1) is 23.7. The third-order valence-corrected chi connectivity index (χ3v) is 21.3. The minimum absolute atomic E-state index is 0.635. The molecule has 0 saturated carbocycles. The zero-order chi connectivity index (χ0) is 35.2. The molecule has 2 unspecified atom stereocenters. The van der Waals surface area contributed by atoms with Crippen LogP contribution in [0.4, 0.5) is 0 Å². The third-order valence-electron chi connectivity index (χ3n) is 9.22. The second kappa shape index (κ2) is 41.4. The lowest BCUT2D eigenvalue weighted by Gasteiger charge is -2.25. The summed E-state index contributed by atoms with van der Waals surface area (Å²) in [6.07, 6.45) is 33.0. The van der Waals surface area contributed by atoms with Gasteiger partial charge in [0.1, 0.15) is 0 Å². The number of hydrogen-bond donors (Lipinski definition) is 0. The summed E-state index contributed by atoms with van der Waals surface area (Å²) in [5.41, 5.74) is 1.27. The average molecular weight is 788 g/mol. The van der Waals surface area contributed by atoms with Crippen molar-refractivity contribution in [1.29, 1.82) is 0 Å². The number of rotatable bonds is 41. The monoisotopic (exact) mass is 786 g/mol. The van der Waals surface area contributed by atoms with E-state index in [1.807, 2.05) is 41.2 Å². The fourth-order valence-corrected chi connectivity index (χ4v) is 17.7. The molecule has 0 fully saturated rings. The largest absolute Gasteiger partial charge is 0.397 e. The molecule has 290 valence electrons. The molecule has 0 saturated heterocycles. The van der Waals surface area contributed by atoms with E-state index in [0.29, 0.717) is 11.1 Å². The van der Waals surface area contributed by atoms with Crippen molar-refractivity contribution in [2.24, 2.45) is 0 Å². The maximum Gasteiger partial charge on any atom is 0.324 e. The molecule has 0 aliphatic rings. The van der Waals surface area contributed by atoms with Crippen molar-refractivity contribution in [3.05, 3.63) is 0 Å². The standard InChI is InChI=1S/C38H82O4S4Si2/c1-7-13-15-17-19-21-23-25-27-29-31-37(47(39-9-3)40-10-4)33-35-43-45-46-44-36-34-38(48(41-11-5)42-12-6)32-30-28-26-24-22-20-18-16-14-8-2/h37-38,47-48H,7-36H2,1-6H3. The Hall–Kier alpha value is 1.67. The van der Waals surface area contributed by atoms with Crippen molar-refractivity contribution in [2.75, 3.05) is 37.9 Å². The Morgan fingerprint density at radius 3 is 0.896 bits per heavy atom. The zero-order valence-corrected chi connectivity index (χ0v) is 38.4. The van der Waals surface area contributed by atoms with Gasteiger partial charge in [-0.3, -0.25) is 0 Å². The summed E-state index contributed by atoms with van der Waals surface area (Å²) < 4.78 is 24.9. The molecule has 10 heteroatoms. The lowest BCUT2D eigenvalue weighted by molar-refractivity contribution is 0.200. The van der Waals surface area contributed by atoms with Crippen LogP contribution in [0.15, 0.2) is 0 Å². The van der Waals surface area contributed by atoms with E-state index in [9.17, 15) is 0 Å². The van der Waals surface area contributed by atoms with E-state index < -0.39 is 18.6 Å². The first kappa shape index (κ1) is 49.7. The predicted octanol–water partition coefficient (Wildman–Crippen LogP) is 14.4. The molecular weight excluding hydrogens is 705 g/mol. The van der Waals surface area contributed by atoms with E-state index in [1.165, 1.54) is 166 Å². The second-order valence-corrected chi connectivity index (χ2v) is 24.3. The minimum atomic E-state index is -1.61. The van der Waals surface area contributed by atoms with E-state index in [-0.39, 0.29) is 0 Å². The Kier molecular flexibility index (Phi) is 42.9. The van der Waals surface area contributed by atoms with Gasteiger partial charge < -0.3 is 17.7 Å². The molecule has 0 aliphatic heterocycles. The van der Waals surface area contributed by atoms with Crippen LogP contribution < -0.4 is 0 Å². The normalized spacial score (nSPS) is 13.2. The quantitative estimate of drug-likeness (QED) is 0.0345. The molecule has 0 aromatic rings. The maximum absolute atomic E-state index is 6.22. The van der Waals surface area contributed by atoms with Crippen LogP contribution >= 0.6 is 41.2 Å². The molecule has 0 N–H and O–H groups in total. The molecule has 0 spiro atoms. The Morgan fingerprint density at radius 1 is 0.354 bits per heavy atom. The topological polar surface area (TPSA) is 36.9 Å². The van der Waals surface area contributed by atoms with Gasteiger partial charge in [-0.25, -0.2) is 0 Å². The van der Waals surface area contributed by atoms with Crippen molar-refractivity contribution in [3.8, 4) is 0 Å². The van der Waals surface area contributed by atoms with Crippen molar-refractivity contribution in [2.45, 2.75) is 207 Å². The fourth-order valence-electron chi connectivity index (χ4n) is 6.42. The van der Waals surface area contributed by atoms with Crippen LogP contribution in [0.2, 0.25) is 11.1 Å². The van der Waals surface area contributed by atoms with E-state index in [0.717, 1.165) is 26.4 Å². The Bertz CT molecular complexity index is 553. The molecule has 0 amide bonds. The van der Waals surface area contributed by atoms with E-state index in [1.54, 1.807) is 0 Å². The molecule has 0 aromatic heterocycles. The van der Waals surface area contributed by atoms with Gasteiger partial charge in [0.15, 0.2) is 0 Å². The summed E-state index contributed by atoms with van der Waals surface area (Å²) in [4.78, 5) is 0. The van der Waals surface area contributed by atoms with Gasteiger partial charge in [-0.2, -0.15) is 0 Å². The van der Waals surface area contributed by atoms with Crippen LogP contribution in [0.25, 0.3) is 0 Å². The second-order valence-electron chi connectivity index (χ2n) is 13.4. The average Bonchev–Trinajstić information content (AvgIpc) is 3.09. The van der Waals surface area contributed by atoms with Crippen LogP contribution in [0.3, 0.4) is 0 Å². The van der Waals surface area contributed by atoms with Crippen molar-refractivity contribution < 1.29 is 17.7 Å². The summed E-state index contributed by atoms with van der Waals surface area (Å²) in [7, 11) is 4.78. The highest BCUT2D eigenvalue weighted by Gasteiger charge is 2.26. The third kappa shape index (κ3) is 32.3. The summed E-state index contributed by atoms with van der Waals surface area (Å²) in [5.74, 6) is 2.38. The summed E-state index contributed by atoms with van der Waals surface area (Å²) >= 11 is 0. The Labute approximate surface area is 320 Å². The highest BCUT2D eigenvalue weighted by atomic mass is 33.7. The highest BCUT2D eigenvalue weighted by Crippen LogP contribution is 2.45. The van der Waals surface area contributed by atoms with Crippen LogP contribution in [0.5, 0.6) is 0 Å². The molecule has 0 aliphatic carbocycles. The highest BCUT2D eigenvalue weighted by molar-refractivity contribution is 9.26. The Morgan fingerprint density at radius 2 is 0.625 bits per heavy atom. The lowest BCUT2D eigenvalue weighted by atomic mass is 10.0. The molecule has 48 heavy (non-hydrogen) atoms. The van der Waals surface area contributed by atoms with Crippen LogP contribution in [-0.2, 0) is 17.7 Å². The van der Waals surface area contributed by atoms with Gasteiger partial charge in [-0.05, 0) is 73.0 Å². The lowest BCUT2D eigenvalue weighted by Crippen LogP contribution is -2.29. The van der Waals surface area contributed by atoms with Gasteiger partial charge in [-0.1, -0.05) is 164 Å². The van der Waals surface area contributed by atoms with Gasteiger partial charge in [0.05, 0.1) is 0 Å². The van der Waals surface area contributed by atoms with E-state index in [4.69, 9.17) is 17.7 Å². The Balaban J connectivity index is 4.38. The first-order valence-corrected chi connectivity index (χ1v) is 29.1. The van der Waals surface area contributed by atoms with E-state index in [2.05, 4.69) is 41.5 Å². The zero-order valence-electron chi connectivity index (χ0n) is 32.8. The van der Waals surface area contributed by atoms with Crippen LogP contribution in [-0.4, -0.2) is 56.5 Å². The van der Waals surface area contributed by atoms with Crippen LogP contribution in [0, 0.1) is 0 Å². The summed E-state index contributed by atoms with van der Waals surface area (Å²) in [6.45, 7) is 16.3. The molecule has 0 aromatic carbocycles. The molecule has 0 radical (unpaired) electrons. The van der Waals surface area contributed by atoms with Crippen molar-refractivity contribution >= 4 is 59.8 Å². The van der Waals surface area contributed by atoms with Gasteiger partial charge in [0.25, 0.3) is 0 Å². The van der Waals surface area contributed by atoms with E-state index >= 15 is 0 Å². The maximum atomic E-state index is 6.22. The molecule has 2 atom stereocenters. The number of unbranched alkanes of at least 4 members (excludes halogenated alkanes) is 18. The van der Waals surface area contributed by atoms with Crippen LogP contribution in [0.1, 0.15) is 196 Å². The summed E-state index contributed by atoms with van der Waals surface area (Å²) in [6, 6.07) is 0. The smallest absolute Gasteiger partial charge is 0.324 e. The summed E-state index contributed by atoms with van der Waals surface area (Å²) in [5, 5.41) is 0.